The number of aromatic nitrogens is 1. The highest BCUT2D eigenvalue weighted by Gasteiger charge is 2.41. The molecule has 154 valence electrons. The van der Waals surface area contributed by atoms with Gasteiger partial charge in [-0.05, 0) is 64.5 Å². The van der Waals surface area contributed by atoms with Crippen molar-refractivity contribution in [3.8, 4) is 5.75 Å². The average Bonchev–Trinajstić information content (AvgIpc) is 3.31. The summed E-state index contributed by atoms with van der Waals surface area (Å²) in [5, 5.41) is 8.92. The van der Waals surface area contributed by atoms with Crippen molar-refractivity contribution in [2.24, 2.45) is 0 Å². The molecule has 0 unspecified atom stereocenters. The fourth-order valence-electron chi connectivity index (χ4n) is 3.54. The van der Waals surface area contributed by atoms with E-state index >= 15 is 0 Å². The molecule has 3 aromatic rings. The number of rotatable bonds is 5. The van der Waals surface area contributed by atoms with Crippen LogP contribution in [0, 0.1) is 0 Å². The van der Waals surface area contributed by atoms with Crippen LogP contribution in [0.4, 0.5) is 11.4 Å². The van der Waals surface area contributed by atoms with Crippen LogP contribution in [0.25, 0.3) is 0 Å². The second-order valence-corrected chi connectivity index (χ2v) is 8.97. The molecule has 0 saturated carbocycles. The van der Waals surface area contributed by atoms with Gasteiger partial charge >= 0.3 is 0 Å². The lowest BCUT2D eigenvalue weighted by molar-refractivity contribution is -0.114. The maximum atomic E-state index is 11.7. The maximum absolute atomic E-state index is 11.7. The molecule has 1 amide bonds. The normalized spacial score (nSPS) is 18.2. The van der Waals surface area contributed by atoms with Gasteiger partial charge in [-0.1, -0.05) is 6.07 Å². The average molecular weight is 503 g/mol. The van der Waals surface area contributed by atoms with E-state index in [2.05, 4.69) is 47.9 Å². The zero-order valence-corrected chi connectivity index (χ0v) is 19.5. The molecule has 9 heteroatoms. The second kappa shape index (κ2) is 8.71. The Morgan fingerprint density at radius 3 is 2.80 bits per heavy atom. The molecule has 1 aliphatic rings. The van der Waals surface area contributed by atoms with E-state index in [1.807, 2.05) is 36.4 Å². The molecule has 2 N–H and O–H groups in total. The topological polar surface area (TPSA) is 66.5 Å². The first kappa shape index (κ1) is 20.8. The van der Waals surface area contributed by atoms with E-state index in [1.54, 1.807) is 24.6 Å². The first-order chi connectivity index (χ1) is 14.5. The Kier molecular flexibility index (Phi) is 6.03. The van der Waals surface area contributed by atoms with Crippen LogP contribution in [0.1, 0.15) is 29.6 Å². The molecule has 1 saturated heterocycles. The number of thiocarbonyl (C=S) groups is 1. The monoisotopic (exact) mass is 502 g/mol. The fourth-order valence-corrected chi connectivity index (χ4v) is 5.46. The zero-order chi connectivity index (χ0) is 21.3. The van der Waals surface area contributed by atoms with Gasteiger partial charge in [0.1, 0.15) is 5.75 Å². The number of thiophene rings is 1. The van der Waals surface area contributed by atoms with Gasteiger partial charge in [0.05, 0.1) is 30.6 Å². The van der Waals surface area contributed by atoms with Crippen molar-refractivity contribution in [2.75, 3.05) is 17.3 Å². The summed E-state index contributed by atoms with van der Waals surface area (Å²) in [4.78, 5) is 19.4. The molecule has 2 atom stereocenters. The summed E-state index contributed by atoms with van der Waals surface area (Å²) in [5.74, 6) is 0.418. The van der Waals surface area contributed by atoms with Crippen LogP contribution in [-0.4, -0.2) is 23.1 Å². The van der Waals surface area contributed by atoms with E-state index in [0.717, 1.165) is 20.7 Å². The Bertz CT molecular complexity index is 1090. The number of ether oxygens (including phenoxy) is 1. The Hall–Kier alpha value is -2.49. The predicted molar refractivity (Wildman–Crippen MR) is 127 cm³/mol. The van der Waals surface area contributed by atoms with Gasteiger partial charge in [0.25, 0.3) is 0 Å². The Morgan fingerprint density at radius 2 is 2.17 bits per heavy atom. The first-order valence-corrected chi connectivity index (χ1v) is 11.3. The van der Waals surface area contributed by atoms with E-state index in [9.17, 15) is 4.79 Å². The van der Waals surface area contributed by atoms with Crippen molar-refractivity contribution in [3.63, 3.8) is 0 Å². The molecular formula is C21H19BrN4O2S2. The van der Waals surface area contributed by atoms with Gasteiger partial charge in [-0.25, -0.2) is 0 Å². The molecule has 3 heterocycles. The molecular weight excluding hydrogens is 484 g/mol. The number of amides is 1. The minimum absolute atomic E-state index is 0.0951. The van der Waals surface area contributed by atoms with Gasteiger partial charge in [0.2, 0.25) is 5.91 Å². The maximum Gasteiger partial charge on any atom is 0.221 e. The fraction of sp³-hybridized carbons (Fsp3) is 0.190. The van der Waals surface area contributed by atoms with E-state index < -0.39 is 0 Å². The van der Waals surface area contributed by atoms with Gasteiger partial charge in [0, 0.05) is 33.5 Å². The van der Waals surface area contributed by atoms with Crippen molar-refractivity contribution < 1.29 is 9.53 Å². The van der Waals surface area contributed by atoms with Gasteiger partial charge in [-0.2, -0.15) is 0 Å². The van der Waals surface area contributed by atoms with Gasteiger partial charge in [0.15, 0.2) is 5.11 Å². The largest absolute Gasteiger partial charge is 0.495 e. The summed E-state index contributed by atoms with van der Waals surface area (Å²) in [6.45, 7) is 1.47. The number of halogens is 1. The quantitative estimate of drug-likeness (QED) is 0.475. The van der Waals surface area contributed by atoms with Crippen LogP contribution < -0.4 is 20.3 Å². The Balaban J connectivity index is 1.81. The van der Waals surface area contributed by atoms with Crippen LogP contribution in [0.2, 0.25) is 0 Å². The smallest absolute Gasteiger partial charge is 0.221 e. The van der Waals surface area contributed by atoms with Gasteiger partial charge in [-0.3, -0.25) is 9.78 Å². The minimum atomic E-state index is -0.169. The molecule has 0 bridgehead atoms. The van der Waals surface area contributed by atoms with Crippen molar-refractivity contribution >= 4 is 61.9 Å². The zero-order valence-electron chi connectivity index (χ0n) is 16.3. The number of methoxy groups -OCH3 is 1. The third-order valence-corrected chi connectivity index (χ3v) is 6.83. The van der Waals surface area contributed by atoms with Crippen LogP contribution in [0.5, 0.6) is 5.75 Å². The molecule has 4 rings (SSSR count). The molecule has 0 radical (unpaired) electrons. The number of carbonyl (C=O) groups excluding carboxylic acids is 1. The lowest BCUT2D eigenvalue weighted by Gasteiger charge is -2.27. The summed E-state index contributed by atoms with van der Waals surface area (Å²) in [6, 6.07) is 13.4. The molecule has 1 fully saturated rings. The Morgan fingerprint density at radius 1 is 1.33 bits per heavy atom. The lowest BCUT2D eigenvalue weighted by Crippen LogP contribution is -2.29. The molecule has 2 aromatic heterocycles. The number of nitrogens with zero attached hydrogens (tertiary/aromatic N) is 2. The van der Waals surface area contributed by atoms with E-state index in [-0.39, 0.29) is 18.0 Å². The number of benzene rings is 1. The van der Waals surface area contributed by atoms with E-state index in [1.165, 1.54) is 6.92 Å². The highest BCUT2D eigenvalue weighted by atomic mass is 79.9. The summed E-state index contributed by atoms with van der Waals surface area (Å²) in [6.07, 6.45) is 1.78. The van der Waals surface area contributed by atoms with Crippen LogP contribution in [0.3, 0.4) is 0 Å². The van der Waals surface area contributed by atoms with Crippen molar-refractivity contribution in [1.82, 2.24) is 10.3 Å². The van der Waals surface area contributed by atoms with Crippen molar-refractivity contribution in [1.29, 1.82) is 0 Å². The van der Waals surface area contributed by atoms with E-state index in [4.69, 9.17) is 17.0 Å². The molecule has 30 heavy (non-hydrogen) atoms. The van der Waals surface area contributed by atoms with Crippen LogP contribution in [0.15, 0.2) is 58.5 Å². The SMILES string of the molecule is COc1ccc(N2C(=S)N[C@@H](c3ccccn3)[C@@H]2c2cc(Br)cs2)cc1NC(C)=O. The number of nitrogens with one attached hydrogen (secondary N) is 2. The first-order valence-electron chi connectivity index (χ1n) is 9.18. The third kappa shape index (κ3) is 4.05. The van der Waals surface area contributed by atoms with Gasteiger partial charge < -0.3 is 20.3 Å². The highest BCUT2D eigenvalue weighted by molar-refractivity contribution is 9.10. The van der Waals surface area contributed by atoms with Gasteiger partial charge in [-0.15, -0.1) is 11.3 Å². The van der Waals surface area contributed by atoms with E-state index in [0.29, 0.717) is 16.5 Å². The lowest BCUT2D eigenvalue weighted by atomic mass is 10.0. The standard InChI is InChI=1S/C21H19BrN4O2S2/c1-12(27)24-16-10-14(6-7-17(16)28-2)26-20(18-9-13(22)11-30-18)19(25-21(26)29)15-5-3-4-8-23-15/h3-11,19-20H,1-2H3,(H,24,27)(H,25,29)/t19-,20-/m0/s1. The summed E-state index contributed by atoms with van der Waals surface area (Å²) < 4.78 is 6.42. The van der Waals surface area contributed by atoms with Crippen molar-refractivity contribution in [2.45, 2.75) is 19.0 Å². The second-order valence-electron chi connectivity index (χ2n) is 6.73. The number of hydrogen-bond donors (Lipinski definition) is 2. The summed E-state index contributed by atoms with van der Waals surface area (Å²) in [5.41, 5.74) is 2.36. The highest BCUT2D eigenvalue weighted by Crippen LogP contribution is 2.45. The minimum Gasteiger partial charge on any atom is -0.495 e. The Labute approximate surface area is 192 Å². The van der Waals surface area contributed by atoms with Crippen LogP contribution in [-0.2, 0) is 4.79 Å². The number of hydrogen-bond acceptors (Lipinski definition) is 5. The predicted octanol–water partition coefficient (Wildman–Crippen LogP) is 5.05. The van der Waals surface area contributed by atoms with Crippen LogP contribution >= 0.6 is 39.5 Å². The molecule has 0 aliphatic carbocycles. The number of carbonyl (C=O) groups is 1. The number of anilines is 2. The molecule has 0 spiro atoms. The summed E-state index contributed by atoms with van der Waals surface area (Å²) >= 11 is 11.0. The van der Waals surface area contributed by atoms with Crippen molar-refractivity contribution in [3.05, 3.63) is 69.1 Å². The molecule has 6 nitrogen and oxygen atoms in total. The third-order valence-electron chi connectivity index (χ3n) is 4.75. The molecule has 1 aromatic carbocycles. The summed E-state index contributed by atoms with van der Waals surface area (Å²) in [7, 11) is 1.57. The molecule has 1 aliphatic heterocycles. The number of pyridine rings is 1.